The summed E-state index contributed by atoms with van der Waals surface area (Å²) >= 11 is 1.11. The fourth-order valence-corrected chi connectivity index (χ4v) is 2.82. The molecule has 88 valence electrons. The van der Waals surface area contributed by atoms with Crippen LogP contribution in [0.2, 0.25) is 0 Å². The molecule has 0 aliphatic carbocycles. The molecule has 0 aromatic carbocycles. The summed E-state index contributed by atoms with van der Waals surface area (Å²) in [5.74, 6) is 0.364. The van der Waals surface area contributed by atoms with Crippen molar-refractivity contribution in [3.63, 3.8) is 0 Å². The van der Waals surface area contributed by atoms with Crippen LogP contribution >= 0.6 is 12.2 Å². The third-order valence-electron chi connectivity index (χ3n) is 3.29. The molecule has 1 fully saturated rings. The third kappa shape index (κ3) is 2.23. The number of carbonyl (C=O) groups is 1. The molecule has 0 N–H and O–H groups in total. The first-order chi connectivity index (χ1) is 7.10. The molecule has 0 spiro atoms. The minimum absolute atomic E-state index is 0.176. The Labute approximate surface area is 95.6 Å². The molecule has 0 aromatic rings. The second-order valence-electron chi connectivity index (χ2n) is 3.94. The van der Waals surface area contributed by atoms with Gasteiger partial charge in [0.25, 0.3) is 0 Å². The summed E-state index contributed by atoms with van der Waals surface area (Å²) in [6.45, 7) is 6.99. The molecule has 0 aromatic heterocycles. The van der Waals surface area contributed by atoms with Gasteiger partial charge >= 0.3 is 6.09 Å². The maximum Gasteiger partial charge on any atom is 0.421 e. The average molecular weight is 233 g/mol. The van der Waals surface area contributed by atoms with Crippen LogP contribution in [0.4, 0.5) is 4.79 Å². The number of methoxy groups -OCH3 is 1. The maximum absolute atomic E-state index is 11.6. The molecule has 15 heavy (non-hydrogen) atoms. The Kier molecular flexibility index (Phi) is 4.28. The molecular weight excluding hydrogens is 214 g/mol. The maximum atomic E-state index is 11.6. The summed E-state index contributed by atoms with van der Waals surface area (Å²) < 4.78 is 11.7. The largest absolute Gasteiger partial charge is 0.452 e. The van der Waals surface area contributed by atoms with Crippen molar-refractivity contribution >= 4 is 18.3 Å². The van der Waals surface area contributed by atoms with Gasteiger partial charge in [-0.15, -0.1) is 0 Å². The van der Waals surface area contributed by atoms with Crippen molar-refractivity contribution in [2.75, 3.05) is 13.7 Å². The zero-order valence-electron chi connectivity index (χ0n) is 9.78. The Hall–Kier alpha value is -0.420. The van der Waals surface area contributed by atoms with E-state index in [4.69, 9.17) is 8.92 Å². The summed E-state index contributed by atoms with van der Waals surface area (Å²) in [6.07, 6.45) is 1.57. The second-order valence-corrected chi connectivity index (χ2v) is 4.69. The summed E-state index contributed by atoms with van der Waals surface area (Å²) in [6, 6.07) is 0. The lowest BCUT2D eigenvalue weighted by molar-refractivity contribution is 0.0452. The minimum atomic E-state index is -0.331. The molecule has 1 aliphatic heterocycles. The summed E-state index contributed by atoms with van der Waals surface area (Å²) in [4.78, 5) is 11.6. The Balaban J connectivity index is 2.89. The summed E-state index contributed by atoms with van der Waals surface area (Å²) in [5, 5.41) is 0. The summed E-state index contributed by atoms with van der Waals surface area (Å²) in [7, 11) is 1.40. The Morgan fingerprint density at radius 1 is 1.67 bits per heavy atom. The average Bonchev–Trinajstić information content (AvgIpc) is 2.28. The van der Waals surface area contributed by atoms with Crippen LogP contribution in [0.5, 0.6) is 0 Å². The van der Waals surface area contributed by atoms with Crippen molar-refractivity contribution in [1.82, 2.24) is 4.31 Å². The Morgan fingerprint density at radius 2 is 2.33 bits per heavy atom. The van der Waals surface area contributed by atoms with E-state index in [0.29, 0.717) is 12.5 Å². The number of amides is 1. The van der Waals surface area contributed by atoms with Crippen molar-refractivity contribution < 1.29 is 13.7 Å². The second kappa shape index (κ2) is 5.07. The molecule has 1 saturated heterocycles. The van der Waals surface area contributed by atoms with E-state index >= 15 is 0 Å². The van der Waals surface area contributed by atoms with E-state index in [0.717, 1.165) is 25.1 Å². The SMILES string of the molecule is CCC1COSN(C(=O)OC)C1(C)CC. The standard InChI is InChI=1S/C10H19NO3S/c1-5-8-7-14-15-11(9(12)13-4)10(8,3)6-2/h8H,5-7H2,1-4H3. The normalized spacial score (nSPS) is 31.5. The van der Waals surface area contributed by atoms with Gasteiger partial charge in [-0.25, -0.2) is 9.10 Å². The molecule has 1 amide bonds. The molecule has 1 heterocycles. The third-order valence-corrected chi connectivity index (χ3v) is 4.25. The first kappa shape index (κ1) is 12.6. The number of nitrogens with zero attached hydrogens (tertiary/aromatic N) is 1. The zero-order valence-corrected chi connectivity index (χ0v) is 10.6. The van der Waals surface area contributed by atoms with Crippen molar-refractivity contribution in [3.05, 3.63) is 0 Å². The zero-order chi connectivity index (χ0) is 11.5. The van der Waals surface area contributed by atoms with Crippen molar-refractivity contribution in [2.45, 2.75) is 39.2 Å². The first-order valence-corrected chi connectivity index (χ1v) is 5.97. The highest BCUT2D eigenvalue weighted by molar-refractivity contribution is 7.92. The van der Waals surface area contributed by atoms with E-state index in [-0.39, 0.29) is 11.6 Å². The minimum Gasteiger partial charge on any atom is -0.452 e. The lowest BCUT2D eigenvalue weighted by atomic mass is 9.82. The molecule has 0 saturated carbocycles. The molecule has 4 nitrogen and oxygen atoms in total. The fourth-order valence-electron chi connectivity index (χ4n) is 1.91. The van der Waals surface area contributed by atoms with E-state index in [1.807, 2.05) is 0 Å². The van der Waals surface area contributed by atoms with Gasteiger partial charge in [-0.2, -0.15) is 0 Å². The first-order valence-electron chi connectivity index (χ1n) is 5.27. The monoisotopic (exact) mass is 233 g/mol. The van der Waals surface area contributed by atoms with Gasteiger partial charge in [0.05, 0.1) is 19.3 Å². The van der Waals surface area contributed by atoms with Gasteiger partial charge in [0.15, 0.2) is 0 Å². The predicted molar refractivity (Wildman–Crippen MR) is 60.3 cm³/mol. The molecule has 0 bridgehead atoms. The highest BCUT2D eigenvalue weighted by Gasteiger charge is 2.45. The van der Waals surface area contributed by atoms with Gasteiger partial charge in [0.2, 0.25) is 0 Å². The molecule has 0 radical (unpaired) electrons. The van der Waals surface area contributed by atoms with E-state index in [2.05, 4.69) is 20.8 Å². The number of rotatable bonds is 2. The van der Waals surface area contributed by atoms with Gasteiger partial charge in [-0.3, -0.25) is 4.18 Å². The number of ether oxygens (including phenoxy) is 1. The molecule has 2 atom stereocenters. The smallest absolute Gasteiger partial charge is 0.421 e. The Bertz CT molecular complexity index is 237. The summed E-state index contributed by atoms with van der Waals surface area (Å²) in [5.41, 5.74) is -0.176. The Morgan fingerprint density at radius 3 is 2.80 bits per heavy atom. The lowest BCUT2D eigenvalue weighted by Crippen LogP contribution is -2.54. The van der Waals surface area contributed by atoms with Gasteiger partial charge < -0.3 is 4.74 Å². The van der Waals surface area contributed by atoms with Crippen molar-refractivity contribution in [3.8, 4) is 0 Å². The van der Waals surface area contributed by atoms with Crippen LogP contribution in [0.25, 0.3) is 0 Å². The van der Waals surface area contributed by atoms with Gasteiger partial charge in [0, 0.05) is 5.92 Å². The van der Waals surface area contributed by atoms with Crippen molar-refractivity contribution in [1.29, 1.82) is 0 Å². The fraction of sp³-hybridized carbons (Fsp3) is 0.900. The van der Waals surface area contributed by atoms with Crippen LogP contribution in [-0.2, 0) is 8.92 Å². The van der Waals surface area contributed by atoms with Gasteiger partial charge in [-0.1, -0.05) is 13.8 Å². The molecule has 1 rings (SSSR count). The van der Waals surface area contributed by atoms with Crippen LogP contribution in [0, 0.1) is 5.92 Å². The topological polar surface area (TPSA) is 38.8 Å². The van der Waals surface area contributed by atoms with E-state index in [9.17, 15) is 4.79 Å². The van der Waals surface area contributed by atoms with Crippen LogP contribution in [0.1, 0.15) is 33.6 Å². The van der Waals surface area contributed by atoms with Crippen LogP contribution in [0.3, 0.4) is 0 Å². The number of hydrogen-bond donors (Lipinski definition) is 0. The lowest BCUT2D eigenvalue weighted by Gasteiger charge is -2.46. The van der Waals surface area contributed by atoms with Gasteiger partial charge in [0.1, 0.15) is 12.2 Å². The van der Waals surface area contributed by atoms with Crippen LogP contribution in [0.15, 0.2) is 0 Å². The molecule has 2 unspecified atom stereocenters. The van der Waals surface area contributed by atoms with E-state index in [1.54, 1.807) is 4.31 Å². The van der Waals surface area contributed by atoms with E-state index < -0.39 is 0 Å². The highest BCUT2D eigenvalue weighted by atomic mass is 32.2. The van der Waals surface area contributed by atoms with Crippen LogP contribution < -0.4 is 0 Å². The van der Waals surface area contributed by atoms with Crippen molar-refractivity contribution in [2.24, 2.45) is 5.92 Å². The van der Waals surface area contributed by atoms with E-state index in [1.165, 1.54) is 7.11 Å². The molecule has 5 heteroatoms. The van der Waals surface area contributed by atoms with Gasteiger partial charge in [-0.05, 0) is 19.8 Å². The highest BCUT2D eigenvalue weighted by Crippen LogP contribution is 2.41. The predicted octanol–water partition coefficient (Wildman–Crippen LogP) is 2.84. The molecular formula is C10H19NO3S. The number of carbonyl (C=O) groups excluding carboxylic acids is 1. The quantitative estimate of drug-likeness (QED) is 0.543. The van der Waals surface area contributed by atoms with Crippen LogP contribution in [-0.4, -0.2) is 29.7 Å². The number of hydrogen-bond acceptors (Lipinski definition) is 4. The molecule has 1 aliphatic rings.